The second-order valence-electron chi connectivity index (χ2n) is 3.19. The molecule has 0 bridgehead atoms. The maximum atomic E-state index is 9.30. The van der Waals surface area contributed by atoms with E-state index in [-0.39, 0.29) is 11.4 Å². The number of thioether (sulfide) groups is 1. The first-order valence-electron chi connectivity index (χ1n) is 4.37. The Morgan fingerprint density at radius 2 is 2.00 bits per heavy atom. The third-order valence-electron chi connectivity index (χ3n) is 1.92. The molecular weight excluding hydrogens is 198 g/mol. The molecule has 2 unspecified atom stereocenters. The van der Waals surface area contributed by atoms with Crippen LogP contribution in [0.25, 0.3) is 0 Å². The maximum absolute atomic E-state index is 9.30. The summed E-state index contributed by atoms with van der Waals surface area (Å²) in [6, 6.07) is 3.52. The monoisotopic (exact) mass is 213 g/mol. The van der Waals surface area contributed by atoms with Crippen LogP contribution in [0.1, 0.15) is 13.8 Å². The molecule has 14 heavy (non-hydrogen) atoms. The predicted molar refractivity (Wildman–Crippen MR) is 60.1 cm³/mol. The zero-order valence-electron chi connectivity index (χ0n) is 8.27. The Morgan fingerprint density at radius 1 is 1.36 bits per heavy atom. The lowest BCUT2D eigenvalue weighted by molar-refractivity contribution is 0.196. The maximum Gasteiger partial charge on any atom is 0.147 e. The second kappa shape index (κ2) is 4.52. The van der Waals surface area contributed by atoms with Gasteiger partial charge in [0.25, 0.3) is 0 Å². The lowest BCUT2D eigenvalue weighted by Gasteiger charge is -2.13. The van der Waals surface area contributed by atoms with Gasteiger partial charge >= 0.3 is 0 Å². The fourth-order valence-corrected chi connectivity index (χ4v) is 1.70. The number of hydrogen-bond acceptors (Lipinski definition) is 5. The van der Waals surface area contributed by atoms with Gasteiger partial charge < -0.3 is 16.6 Å². The van der Waals surface area contributed by atoms with E-state index in [2.05, 4.69) is 4.98 Å². The molecule has 0 saturated heterocycles. The number of aliphatic hydroxyl groups excluding tert-OH is 1. The average molecular weight is 213 g/mol. The van der Waals surface area contributed by atoms with Crippen molar-refractivity contribution in [2.24, 2.45) is 0 Å². The van der Waals surface area contributed by atoms with Crippen molar-refractivity contribution in [1.82, 2.24) is 4.98 Å². The van der Waals surface area contributed by atoms with Gasteiger partial charge in [0.1, 0.15) is 5.82 Å². The molecule has 0 radical (unpaired) electrons. The summed E-state index contributed by atoms with van der Waals surface area (Å²) >= 11 is 1.48. The minimum absolute atomic E-state index is 0.0884. The van der Waals surface area contributed by atoms with Crippen LogP contribution >= 0.6 is 11.8 Å². The van der Waals surface area contributed by atoms with E-state index in [1.165, 1.54) is 11.8 Å². The van der Waals surface area contributed by atoms with Crippen LogP contribution in [0.2, 0.25) is 0 Å². The van der Waals surface area contributed by atoms with Gasteiger partial charge in [-0.15, -0.1) is 11.8 Å². The molecule has 78 valence electrons. The Kier molecular flexibility index (Phi) is 3.60. The summed E-state index contributed by atoms with van der Waals surface area (Å²) in [6.45, 7) is 3.68. The first-order valence-corrected chi connectivity index (χ1v) is 5.25. The lowest BCUT2D eigenvalue weighted by Crippen LogP contribution is -2.15. The molecule has 0 aliphatic heterocycles. The normalized spacial score (nSPS) is 15.1. The SMILES string of the molecule is CC(O)C(C)Sc1ccc(N)c(N)n1. The minimum atomic E-state index is -0.374. The molecular formula is C9H15N3OS. The Hall–Kier alpha value is -0.940. The number of aromatic nitrogens is 1. The molecule has 1 heterocycles. The van der Waals surface area contributed by atoms with Crippen molar-refractivity contribution in [1.29, 1.82) is 0 Å². The molecule has 1 rings (SSSR count). The van der Waals surface area contributed by atoms with Gasteiger partial charge in [-0.05, 0) is 19.1 Å². The van der Waals surface area contributed by atoms with Crippen LogP contribution in [0.15, 0.2) is 17.2 Å². The third-order valence-corrected chi connectivity index (χ3v) is 3.15. The van der Waals surface area contributed by atoms with Crippen LogP contribution in [0, 0.1) is 0 Å². The number of rotatable bonds is 3. The van der Waals surface area contributed by atoms with Crippen molar-refractivity contribution in [3.8, 4) is 0 Å². The first-order chi connectivity index (χ1) is 6.50. The van der Waals surface area contributed by atoms with E-state index in [1.54, 1.807) is 19.1 Å². The highest BCUT2D eigenvalue weighted by Crippen LogP contribution is 2.25. The fraction of sp³-hybridized carbons (Fsp3) is 0.444. The van der Waals surface area contributed by atoms with E-state index in [0.29, 0.717) is 11.5 Å². The minimum Gasteiger partial charge on any atom is -0.396 e. The van der Waals surface area contributed by atoms with E-state index in [9.17, 15) is 5.11 Å². The standard InChI is InChI=1S/C9H15N3OS/c1-5(13)6(2)14-8-4-3-7(10)9(11)12-8/h3-6,13H,10H2,1-2H3,(H2,11,12). The van der Waals surface area contributed by atoms with Gasteiger partial charge in [-0.1, -0.05) is 6.92 Å². The summed E-state index contributed by atoms with van der Waals surface area (Å²) < 4.78 is 0. The second-order valence-corrected chi connectivity index (χ2v) is 4.59. The van der Waals surface area contributed by atoms with Crippen LogP contribution in [0.5, 0.6) is 0 Å². The number of hydrogen-bond donors (Lipinski definition) is 3. The van der Waals surface area contributed by atoms with Crippen molar-refractivity contribution >= 4 is 23.3 Å². The van der Waals surface area contributed by atoms with Crippen LogP contribution in [-0.4, -0.2) is 21.4 Å². The zero-order valence-corrected chi connectivity index (χ0v) is 9.08. The highest BCUT2D eigenvalue weighted by atomic mass is 32.2. The quantitative estimate of drug-likeness (QED) is 0.655. The van der Waals surface area contributed by atoms with Crippen molar-refractivity contribution in [2.75, 3.05) is 11.5 Å². The van der Waals surface area contributed by atoms with Crippen LogP contribution in [-0.2, 0) is 0 Å². The lowest BCUT2D eigenvalue weighted by atomic mass is 10.3. The van der Waals surface area contributed by atoms with Gasteiger partial charge in [-0.25, -0.2) is 4.98 Å². The molecule has 0 saturated carbocycles. The van der Waals surface area contributed by atoms with Gasteiger partial charge in [-0.2, -0.15) is 0 Å². The average Bonchev–Trinajstić information content (AvgIpc) is 2.11. The van der Waals surface area contributed by atoms with Gasteiger partial charge in [0.05, 0.1) is 16.8 Å². The van der Waals surface area contributed by atoms with E-state index in [4.69, 9.17) is 11.5 Å². The molecule has 0 aromatic carbocycles. The molecule has 4 nitrogen and oxygen atoms in total. The molecule has 2 atom stereocenters. The van der Waals surface area contributed by atoms with Gasteiger partial charge in [0, 0.05) is 5.25 Å². The number of nitrogens with zero attached hydrogens (tertiary/aromatic N) is 1. The van der Waals surface area contributed by atoms with Crippen molar-refractivity contribution in [3.05, 3.63) is 12.1 Å². The molecule has 0 amide bonds. The van der Waals surface area contributed by atoms with Crippen LogP contribution in [0.3, 0.4) is 0 Å². The summed E-state index contributed by atoms with van der Waals surface area (Å²) in [5.41, 5.74) is 11.6. The predicted octanol–water partition coefficient (Wildman–Crippen LogP) is 1.11. The summed E-state index contributed by atoms with van der Waals surface area (Å²) in [7, 11) is 0. The Balaban J connectivity index is 2.73. The Labute approximate surface area is 87.7 Å². The van der Waals surface area contributed by atoms with Crippen LogP contribution in [0.4, 0.5) is 11.5 Å². The summed E-state index contributed by atoms with van der Waals surface area (Å²) in [4.78, 5) is 4.10. The Morgan fingerprint density at radius 3 is 2.50 bits per heavy atom. The van der Waals surface area contributed by atoms with Gasteiger partial charge in [0.2, 0.25) is 0 Å². The third kappa shape index (κ3) is 2.78. The van der Waals surface area contributed by atoms with E-state index < -0.39 is 0 Å². The Bertz CT molecular complexity index is 317. The van der Waals surface area contributed by atoms with Crippen molar-refractivity contribution < 1.29 is 5.11 Å². The topological polar surface area (TPSA) is 85.2 Å². The molecule has 5 N–H and O–H groups in total. The van der Waals surface area contributed by atoms with E-state index >= 15 is 0 Å². The number of pyridine rings is 1. The van der Waals surface area contributed by atoms with Gasteiger partial charge in [0.15, 0.2) is 0 Å². The molecule has 1 aromatic heterocycles. The van der Waals surface area contributed by atoms with E-state index in [1.807, 2.05) is 6.92 Å². The molecule has 0 aliphatic carbocycles. The smallest absolute Gasteiger partial charge is 0.147 e. The summed E-state index contributed by atoms with van der Waals surface area (Å²) in [5, 5.41) is 10.2. The largest absolute Gasteiger partial charge is 0.396 e. The van der Waals surface area contributed by atoms with Crippen LogP contribution < -0.4 is 11.5 Å². The summed E-state index contributed by atoms with van der Waals surface area (Å²) in [5.74, 6) is 0.341. The molecule has 0 fully saturated rings. The highest BCUT2D eigenvalue weighted by molar-refractivity contribution is 7.99. The summed E-state index contributed by atoms with van der Waals surface area (Å²) in [6.07, 6.45) is -0.374. The molecule has 0 aliphatic rings. The fourth-order valence-electron chi connectivity index (χ4n) is 0.822. The molecule has 1 aromatic rings. The highest BCUT2D eigenvalue weighted by Gasteiger charge is 2.11. The van der Waals surface area contributed by atoms with Crippen molar-refractivity contribution in [2.45, 2.75) is 30.2 Å². The number of aliphatic hydroxyl groups is 1. The van der Waals surface area contributed by atoms with Gasteiger partial charge in [-0.3, -0.25) is 0 Å². The molecule has 0 spiro atoms. The number of anilines is 2. The zero-order chi connectivity index (χ0) is 10.7. The molecule has 5 heteroatoms. The number of nitrogens with two attached hydrogens (primary N) is 2. The first kappa shape index (κ1) is 11.1. The number of nitrogen functional groups attached to an aromatic ring is 2. The van der Waals surface area contributed by atoms with E-state index in [0.717, 1.165) is 5.03 Å². The van der Waals surface area contributed by atoms with Crippen molar-refractivity contribution in [3.63, 3.8) is 0 Å².